The second kappa shape index (κ2) is 3.85. The predicted octanol–water partition coefficient (Wildman–Crippen LogP) is 3.09. The smallest absolute Gasteiger partial charge is 0.178 e. The number of hydrogen-bond acceptors (Lipinski definition) is 3. The molecule has 14 heavy (non-hydrogen) atoms. The maximum atomic E-state index is 13.2. The highest BCUT2D eigenvalue weighted by molar-refractivity contribution is 14.1. The average molecular weight is 324 g/mol. The largest absolute Gasteiger partial charge is 0.207 e. The first-order valence-electron chi connectivity index (χ1n) is 3.61. The van der Waals surface area contributed by atoms with Crippen molar-refractivity contribution < 1.29 is 8.78 Å². The molecule has 0 fully saturated rings. The van der Waals surface area contributed by atoms with Crippen molar-refractivity contribution in [3.63, 3.8) is 0 Å². The highest BCUT2D eigenvalue weighted by Gasteiger charge is 2.10. The molecule has 0 spiro atoms. The third kappa shape index (κ3) is 1.90. The lowest BCUT2D eigenvalue weighted by atomic mass is 10.2. The molecule has 0 saturated carbocycles. The number of hydrogen-bond donors (Lipinski definition) is 0. The van der Waals surface area contributed by atoms with Gasteiger partial charge in [0.2, 0.25) is 0 Å². The van der Waals surface area contributed by atoms with Crippen molar-refractivity contribution in [3.8, 4) is 10.6 Å². The fourth-order valence-corrected chi connectivity index (χ4v) is 2.30. The van der Waals surface area contributed by atoms with Crippen LogP contribution in [0.15, 0.2) is 18.2 Å². The first-order valence-corrected chi connectivity index (χ1v) is 5.51. The molecule has 2 nitrogen and oxygen atoms in total. The summed E-state index contributed by atoms with van der Waals surface area (Å²) in [7, 11) is 0. The number of halogens is 3. The molecule has 1 heterocycles. The van der Waals surface area contributed by atoms with Gasteiger partial charge in [0.15, 0.2) is 8.02 Å². The van der Waals surface area contributed by atoms with E-state index in [1.165, 1.54) is 11.3 Å². The lowest BCUT2D eigenvalue weighted by Gasteiger charge is -1.97. The quantitative estimate of drug-likeness (QED) is 0.754. The zero-order chi connectivity index (χ0) is 10.1. The summed E-state index contributed by atoms with van der Waals surface area (Å²) in [6, 6.07) is 3.27. The first-order chi connectivity index (χ1) is 6.66. The van der Waals surface area contributed by atoms with E-state index >= 15 is 0 Å². The molecular formula is C8H3F2IN2S. The summed E-state index contributed by atoms with van der Waals surface area (Å²) < 4.78 is 26.8. The molecule has 1 aromatic carbocycles. The summed E-state index contributed by atoms with van der Waals surface area (Å²) >= 11 is 3.20. The van der Waals surface area contributed by atoms with E-state index < -0.39 is 11.6 Å². The SMILES string of the molecule is Fc1ccc(F)c(-c2nnc(I)s2)c1. The molecule has 0 N–H and O–H groups in total. The molecule has 1 aromatic heterocycles. The van der Waals surface area contributed by atoms with E-state index in [0.717, 1.165) is 18.2 Å². The van der Waals surface area contributed by atoms with Gasteiger partial charge in [-0.25, -0.2) is 8.78 Å². The average Bonchev–Trinajstić information content (AvgIpc) is 2.56. The van der Waals surface area contributed by atoms with Gasteiger partial charge in [-0.3, -0.25) is 0 Å². The van der Waals surface area contributed by atoms with Crippen molar-refractivity contribution in [2.75, 3.05) is 0 Å². The van der Waals surface area contributed by atoms with E-state index in [0.29, 0.717) is 8.02 Å². The molecule has 2 rings (SSSR count). The Hall–Kier alpha value is -0.630. The summed E-state index contributed by atoms with van der Waals surface area (Å²) in [5.74, 6) is -0.967. The summed E-state index contributed by atoms with van der Waals surface area (Å²) in [4.78, 5) is 0. The molecule has 72 valence electrons. The van der Waals surface area contributed by atoms with Gasteiger partial charge in [0.05, 0.1) is 5.56 Å². The zero-order valence-electron chi connectivity index (χ0n) is 6.67. The Morgan fingerprint density at radius 1 is 1.21 bits per heavy atom. The van der Waals surface area contributed by atoms with Crippen LogP contribution in [0.3, 0.4) is 0 Å². The highest BCUT2D eigenvalue weighted by Crippen LogP contribution is 2.27. The van der Waals surface area contributed by atoms with Gasteiger partial charge in [0.1, 0.15) is 11.6 Å². The van der Waals surface area contributed by atoms with Gasteiger partial charge in [-0.2, -0.15) is 0 Å². The van der Waals surface area contributed by atoms with E-state index in [1.807, 2.05) is 22.6 Å². The Morgan fingerprint density at radius 2 is 2.00 bits per heavy atom. The minimum absolute atomic E-state index is 0.158. The molecule has 6 heteroatoms. The Labute approximate surface area is 96.1 Å². The summed E-state index contributed by atoms with van der Waals surface area (Å²) in [5.41, 5.74) is 0.158. The number of benzene rings is 1. The monoisotopic (exact) mass is 324 g/mol. The van der Waals surface area contributed by atoms with Crippen LogP contribution in [-0.4, -0.2) is 10.2 Å². The number of aromatic nitrogens is 2. The van der Waals surface area contributed by atoms with Gasteiger partial charge in [-0.15, -0.1) is 10.2 Å². The van der Waals surface area contributed by atoms with E-state index in [4.69, 9.17) is 0 Å². The number of rotatable bonds is 1. The number of nitrogens with zero attached hydrogens (tertiary/aromatic N) is 2. The molecule has 0 bridgehead atoms. The second-order valence-electron chi connectivity index (χ2n) is 2.48. The third-order valence-electron chi connectivity index (χ3n) is 1.56. The third-order valence-corrected chi connectivity index (χ3v) is 3.18. The maximum absolute atomic E-state index is 13.2. The van der Waals surface area contributed by atoms with Crippen molar-refractivity contribution in [1.29, 1.82) is 0 Å². The van der Waals surface area contributed by atoms with Crippen LogP contribution < -0.4 is 0 Å². The normalized spacial score (nSPS) is 10.5. The highest BCUT2D eigenvalue weighted by atomic mass is 127. The molecule has 0 atom stereocenters. The van der Waals surface area contributed by atoms with Gasteiger partial charge in [-0.05, 0) is 40.8 Å². The van der Waals surface area contributed by atoms with Crippen molar-refractivity contribution in [3.05, 3.63) is 32.8 Å². The molecular weight excluding hydrogens is 321 g/mol. The van der Waals surface area contributed by atoms with Crippen LogP contribution >= 0.6 is 33.9 Å². The fourth-order valence-electron chi connectivity index (χ4n) is 0.976. The first kappa shape index (κ1) is 9.91. The molecule has 2 aromatic rings. The topological polar surface area (TPSA) is 25.8 Å². The lowest BCUT2D eigenvalue weighted by Crippen LogP contribution is -1.85. The minimum Gasteiger partial charge on any atom is -0.207 e. The van der Waals surface area contributed by atoms with Crippen molar-refractivity contribution in [2.45, 2.75) is 0 Å². The molecule has 0 radical (unpaired) electrons. The van der Waals surface area contributed by atoms with Crippen LogP contribution in [0.25, 0.3) is 10.6 Å². The van der Waals surface area contributed by atoms with E-state index in [-0.39, 0.29) is 5.56 Å². The second-order valence-corrected chi connectivity index (χ2v) is 5.22. The van der Waals surface area contributed by atoms with Crippen molar-refractivity contribution >= 4 is 33.9 Å². The lowest BCUT2D eigenvalue weighted by molar-refractivity contribution is 0.603. The van der Waals surface area contributed by atoms with E-state index in [1.54, 1.807) is 0 Å². The molecule has 0 aliphatic heterocycles. The molecule has 0 aliphatic rings. The van der Waals surface area contributed by atoms with Crippen molar-refractivity contribution in [1.82, 2.24) is 10.2 Å². The van der Waals surface area contributed by atoms with Gasteiger partial charge in [-0.1, -0.05) is 11.3 Å². The van der Waals surface area contributed by atoms with E-state index in [9.17, 15) is 8.78 Å². The molecule has 0 unspecified atom stereocenters. The summed E-state index contributed by atoms with van der Waals surface area (Å²) in [6.07, 6.45) is 0. The Kier molecular flexibility index (Phi) is 2.73. The van der Waals surface area contributed by atoms with Crippen LogP contribution in [0, 0.1) is 14.6 Å². The van der Waals surface area contributed by atoms with Crippen LogP contribution in [0.4, 0.5) is 8.78 Å². The zero-order valence-corrected chi connectivity index (χ0v) is 9.64. The maximum Gasteiger partial charge on any atom is 0.178 e. The Bertz CT molecular complexity index is 472. The minimum atomic E-state index is -0.487. The Morgan fingerprint density at radius 3 is 2.64 bits per heavy atom. The molecule has 0 saturated heterocycles. The van der Waals surface area contributed by atoms with E-state index in [2.05, 4.69) is 10.2 Å². The van der Waals surface area contributed by atoms with Crippen LogP contribution in [0.1, 0.15) is 0 Å². The van der Waals surface area contributed by atoms with Crippen LogP contribution in [0.2, 0.25) is 0 Å². The molecule has 0 amide bonds. The Balaban J connectivity index is 2.55. The summed E-state index contributed by atoms with van der Waals surface area (Å²) in [6.45, 7) is 0. The summed E-state index contributed by atoms with van der Waals surface area (Å²) in [5, 5.41) is 7.87. The standard InChI is InChI=1S/C8H3F2IN2S/c9-4-1-2-6(10)5(3-4)7-12-13-8(11)14-7/h1-3H. The van der Waals surface area contributed by atoms with Gasteiger partial charge < -0.3 is 0 Å². The molecule has 0 aliphatic carbocycles. The van der Waals surface area contributed by atoms with Crippen LogP contribution in [0.5, 0.6) is 0 Å². The van der Waals surface area contributed by atoms with Crippen LogP contribution in [-0.2, 0) is 0 Å². The van der Waals surface area contributed by atoms with Crippen molar-refractivity contribution in [2.24, 2.45) is 0 Å². The van der Waals surface area contributed by atoms with Gasteiger partial charge >= 0.3 is 0 Å². The fraction of sp³-hybridized carbons (Fsp3) is 0. The predicted molar refractivity (Wildman–Crippen MR) is 58.0 cm³/mol. The van der Waals surface area contributed by atoms with Gasteiger partial charge in [0, 0.05) is 0 Å². The van der Waals surface area contributed by atoms with Gasteiger partial charge in [0.25, 0.3) is 0 Å².